The van der Waals surface area contributed by atoms with E-state index in [1.807, 2.05) is 6.07 Å². The molecule has 2 heterocycles. The zero-order chi connectivity index (χ0) is 41.7. The van der Waals surface area contributed by atoms with Crippen LogP contribution in [0.4, 0.5) is 17.1 Å². The van der Waals surface area contributed by atoms with Crippen molar-refractivity contribution in [2.45, 2.75) is 0 Å². The second-order valence-electron chi connectivity index (χ2n) is 16.0. The number of hydrogen-bond donors (Lipinski definition) is 0. The second kappa shape index (κ2) is 15.3. The fourth-order valence-corrected chi connectivity index (χ4v) is 9.70. The lowest BCUT2D eigenvalue weighted by atomic mass is 9.91. The summed E-state index contributed by atoms with van der Waals surface area (Å²) in [5.74, 6) is 0. The van der Waals surface area contributed by atoms with Crippen LogP contribution < -0.4 is 4.90 Å². The maximum atomic E-state index is 6.44. The summed E-state index contributed by atoms with van der Waals surface area (Å²) < 4.78 is 8.87. The fourth-order valence-electron chi connectivity index (χ4n) is 9.70. The van der Waals surface area contributed by atoms with Gasteiger partial charge in [-0.3, -0.25) is 0 Å². The highest BCUT2D eigenvalue weighted by Crippen LogP contribution is 2.48. The molecule has 0 N–H and O–H groups in total. The highest BCUT2D eigenvalue weighted by Gasteiger charge is 2.24. The summed E-state index contributed by atoms with van der Waals surface area (Å²) in [5.41, 5.74) is 17.9. The van der Waals surface area contributed by atoms with E-state index in [9.17, 15) is 0 Å². The Balaban J connectivity index is 1.08. The minimum Gasteiger partial charge on any atom is -0.456 e. The van der Waals surface area contributed by atoms with Gasteiger partial charge < -0.3 is 13.9 Å². The molecule has 3 nitrogen and oxygen atoms in total. The summed E-state index contributed by atoms with van der Waals surface area (Å²) in [6.45, 7) is 0. The van der Waals surface area contributed by atoms with Gasteiger partial charge in [0, 0.05) is 33.1 Å². The average molecular weight is 805 g/mol. The minimum atomic E-state index is 0.862. The van der Waals surface area contributed by atoms with Crippen LogP contribution in [0.1, 0.15) is 0 Å². The van der Waals surface area contributed by atoms with Gasteiger partial charge >= 0.3 is 0 Å². The molecule has 0 aliphatic heterocycles. The highest BCUT2D eigenvalue weighted by atomic mass is 16.3. The Kier molecular flexibility index (Phi) is 8.83. The summed E-state index contributed by atoms with van der Waals surface area (Å²) >= 11 is 0. The number of rotatable bonds is 8. The molecule has 0 atom stereocenters. The molecule has 12 aromatic rings. The van der Waals surface area contributed by atoms with Crippen LogP contribution in [0.3, 0.4) is 0 Å². The predicted molar refractivity (Wildman–Crippen MR) is 264 cm³/mol. The average Bonchev–Trinajstić information content (AvgIpc) is 3.91. The van der Waals surface area contributed by atoms with Gasteiger partial charge in [0.25, 0.3) is 0 Å². The van der Waals surface area contributed by atoms with E-state index in [1.54, 1.807) is 0 Å². The van der Waals surface area contributed by atoms with Crippen molar-refractivity contribution < 1.29 is 4.42 Å². The molecule has 10 aromatic carbocycles. The molecule has 0 radical (unpaired) electrons. The fraction of sp³-hybridized carbons (Fsp3) is 0. The Bertz CT molecular complexity index is 3620. The minimum absolute atomic E-state index is 0.862. The molecule has 0 saturated carbocycles. The van der Waals surface area contributed by atoms with E-state index in [1.165, 1.54) is 38.5 Å². The lowest BCUT2D eigenvalue weighted by molar-refractivity contribution is 0.669. The molecule has 0 amide bonds. The predicted octanol–water partition coefficient (Wildman–Crippen LogP) is 16.8. The number of benzene rings is 10. The third-order valence-electron chi connectivity index (χ3n) is 12.4. The molecule has 0 fully saturated rings. The smallest absolute Gasteiger partial charge is 0.137 e. The van der Waals surface area contributed by atoms with Crippen molar-refractivity contribution in [2.75, 3.05) is 4.90 Å². The van der Waals surface area contributed by atoms with Crippen LogP contribution in [0.15, 0.2) is 247 Å². The first-order chi connectivity index (χ1) is 31.3. The molecule has 2 aromatic heterocycles. The maximum Gasteiger partial charge on any atom is 0.137 e. The summed E-state index contributed by atoms with van der Waals surface area (Å²) in [4.78, 5) is 2.39. The van der Waals surface area contributed by atoms with Crippen LogP contribution >= 0.6 is 0 Å². The van der Waals surface area contributed by atoms with Gasteiger partial charge in [-0.1, -0.05) is 182 Å². The number of hydrogen-bond acceptors (Lipinski definition) is 2. The number of furan rings is 1. The number of aromatic nitrogens is 1. The van der Waals surface area contributed by atoms with E-state index in [0.29, 0.717) is 0 Å². The summed E-state index contributed by atoms with van der Waals surface area (Å²) in [6.07, 6.45) is 0. The van der Waals surface area contributed by atoms with Gasteiger partial charge in [-0.25, -0.2) is 0 Å². The normalized spacial score (nSPS) is 11.5. The van der Waals surface area contributed by atoms with E-state index >= 15 is 0 Å². The lowest BCUT2D eigenvalue weighted by Crippen LogP contribution is -2.11. The molecule has 0 saturated heterocycles. The number of anilines is 3. The lowest BCUT2D eigenvalue weighted by Gasteiger charge is -2.29. The Labute approximate surface area is 366 Å². The zero-order valence-electron chi connectivity index (χ0n) is 34.4. The quantitative estimate of drug-likeness (QED) is 0.153. The molecule has 63 heavy (non-hydrogen) atoms. The first-order valence-corrected chi connectivity index (χ1v) is 21.5. The number of para-hydroxylation sites is 4. The van der Waals surface area contributed by atoms with E-state index in [-0.39, 0.29) is 0 Å². The van der Waals surface area contributed by atoms with Crippen molar-refractivity contribution in [3.05, 3.63) is 243 Å². The largest absolute Gasteiger partial charge is 0.456 e. The van der Waals surface area contributed by atoms with Gasteiger partial charge in [0.1, 0.15) is 11.2 Å². The Morgan fingerprint density at radius 2 is 0.873 bits per heavy atom. The zero-order valence-corrected chi connectivity index (χ0v) is 34.4. The van der Waals surface area contributed by atoms with E-state index < -0.39 is 0 Å². The third-order valence-corrected chi connectivity index (χ3v) is 12.4. The van der Waals surface area contributed by atoms with Crippen LogP contribution in [0.5, 0.6) is 0 Å². The summed E-state index contributed by atoms with van der Waals surface area (Å²) in [6, 6.07) is 87.1. The Hall–Kier alpha value is -8.40. The van der Waals surface area contributed by atoms with Crippen molar-refractivity contribution in [1.29, 1.82) is 0 Å². The summed E-state index contributed by atoms with van der Waals surface area (Å²) in [5, 5.41) is 4.63. The topological polar surface area (TPSA) is 21.3 Å². The van der Waals surface area contributed by atoms with Crippen LogP contribution in [-0.4, -0.2) is 4.57 Å². The molecule has 296 valence electrons. The van der Waals surface area contributed by atoms with Crippen LogP contribution in [0.25, 0.3) is 93.9 Å². The second-order valence-corrected chi connectivity index (χ2v) is 16.0. The van der Waals surface area contributed by atoms with Gasteiger partial charge in [-0.15, -0.1) is 0 Å². The van der Waals surface area contributed by atoms with Gasteiger partial charge in [-0.05, 0) is 99.6 Å². The molecule has 0 bridgehead atoms. The number of fused-ring (bicyclic) bond motifs is 6. The van der Waals surface area contributed by atoms with Gasteiger partial charge in [-0.2, -0.15) is 0 Å². The van der Waals surface area contributed by atoms with Gasteiger partial charge in [0.2, 0.25) is 0 Å². The first-order valence-electron chi connectivity index (χ1n) is 21.5. The first kappa shape index (κ1) is 36.5. The van der Waals surface area contributed by atoms with E-state index in [0.717, 1.165) is 72.5 Å². The number of nitrogens with zero attached hydrogens (tertiary/aromatic N) is 2. The monoisotopic (exact) mass is 804 g/mol. The SMILES string of the molecule is c1ccc(-c2ccccc2-c2cccc3c2c2ccc(-c4ccccc4-c4ccccc4N(c4ccccc4)c4cccc5oc6ccccc6c45)cc2n3-c2ccccc2)cc1. The van der Waals surface area contributed by atoms with E-state index in [2.05, 4.69) is 246 Å². The highest BCUT2D eigenvalue weighted by molar-refractivity contribution is 6.18. The van der Waals surface area contributed by atoms with Crippen molar-refractivity contribution in [3.63, 3.8) is 0 Å². The Morgan fingerprint density at radius 3 is 1.65 bits per heavy atom. The molecule has 3 heteroatoms. The van der Waals surface area contributed by atoms with Crippen molar-refractivity contribution in [1.82, 2.24) is 4.57 Å². The maximum absolute atomic E-state index is 6.44. The van der Waals surface area contributed by atoms with Crippen molar-refractivity contribution in [3.8, 4) is 50.2 Å². The summed E-state index contributed by atoms with van der Waals surface area (Å²) in [7, 11) is 0. The molecule has 0 spiro atoms. The molecular weight excluding hydrogens is 765 g/mol. The molecule has 12 rings (SSSR count). The van der Waals surface area contributed by atoms with Crippen LogP contribution in [0, 0.1) is 0 Å². The molecule has 0 aliphatic carbocycles. The third kappa shape index (κ3) is 6.13. The van der Waals surface area contributed by atoms with E-state index in [4.69, 9.17) is 4.42 Å². The van der Waals surface area contributed by atoms with Crippen LogP contribution in [-0.2, 0) is 0 Å². The van der Waals surface area contributed by atoms with Gasteiger partial charge in [0.05, 0.1) is 27.8 Å². The van der Waals surface area contributed by atoms with Gasteiger partial charge in [0.15, 0.2) is 0 Å². The van der Waals surface area contributed by atoms with Crippen molar-refractivity contribution >= 4 is 60.8 Å². The Morgan fingerprint density at radius 1 is 0.317 bits per heavy atom. The molecule has 0 aliphatic rings. The standard InChI is InChI=1S/C60H40N2O/c1-4-20-41(21-5-1)45-26-10-13-29-48(45)50-32-18-34-54-59(50)51-39-38-42(40-56(51)62(54)44-24-8-3-9-25-44)46-27-11-12-28-47(46)49-30-14-16-33-53(49)61(43-22-6-2-7-23-43)55-35-19-37-58-60(55)52-31-15-17-36-57(52)63-58/h1-40H. The molecule has 0 unspecified atom stereocenters. The van der Waals surface area contributed by atoms with Crippen LogP contribution in [0.2, 0.25) is 0 Å². The van der Waals surface area contributed by atoms with Crippen molar-refractivity contribution in [2.24, 2.45) is 0 Å². The molecular formula is C60H40N2O.